The van der Waals surface area contributed by atoms with Gasteiger partial charge < -0.3 is 9.47 Å². The molecular weight excluding hydrogens is 220 g/mol. The van der Waals surface area contributed by atoms with Crippen LogP contribution in [0.3, 0.4) is 0 Å². The molecule has 1 unspecified atom stereocenters. The van der Waals surface area contributed by atoms with Crippen molar-refractivity contribution in [1.29, 1.82) is 0 Å². The molecule has 4 nitrogen and oxygen atoms in total. The van der Waals surface area contributed by atoms with Crippen molar-refractivity contribution in [2.45, 2.75) is 53.6 Å². The quantitative estimate of drug-likeness (QED) is 0.646. The fraction of sp³-hybridized carbons (Fsp3) is 0.846. The molecule has 4 heteroatoms. The van der Waals surface area contributed by atoms with E-state index in [0.717, 1.165) is 12.8 Å². The Morgan fingerprint density at radius 2 is 1.65 bits per heavy atom. The Morgan fingerprint density at radius 3 is 2.06 bits per heavy atom. The Hall–Kier alpha value is -1.06. The number of carbonyl (C=O) groups is 2. The number of hydrogen-bond donors (Lipinski definition) is 0. The first-order valence-electron chi connectivity index (χ1n) is 6.31. The molecule has 0 saturated heterocycles. The standard InChI is InChI=1S/C13H24O4/c1-6-8-10(5)12(14)17-11(9(3)4)13(15)16-7-2/h9-11H,6-8H2,1-5H3/t10?,11-/m0/s1. The highest BCUT2D eigenvalue weighted by atomic mass is 16.6. The fourth-order valence-electron chi connectivity index (χ4n) is 1.47. The average molecular weight is 244 g/mol. The topological polar surface area (TPSA) is 52.6 Å². The van der Waals surface area contributed by atoms with Crippen molar-refractivity contribution < 1.29 is 19.1 Å². The van der Waals surface area contributed by atoms with Crippen LogP contribution in [0.15, 0.2) is 0 Å². The molecule has 0 saturated carbocycles. The first-order chi connectivity index (χ1) is 7.93. The molecule has 0 fully saturated rings. The van der Waals surface area contributed by atoms with Crippen molar-refractivity contribution in [3.63, 3.8) is 0 Å². The predicted molar refractivity (Wildman–Crippen MR) is 65.4 cm³/mol. The maximum absolute atomic E-state index is 11.7. The van der Waals surface area contributed by atoms with Crippen LogP contribution in [0.2, 0.25) is 0 Å². The van der Waals surface area contributed by atoms with Crippen LogP contribution in [0.5, 0.6) is 0 Å². The van der Waals surface area contributed by atoms with Gasteiger partial charge in [0.25, 0.3) is 0 Å². The van der Waals surface area contributed by atoms with Crippen LogP contribution in [0.1, 0.15) is 47.5 Å². The molecule has 0 rings (SSSR count). The maximum atomic E-state index is 11.7. The average Bonchev–Trinajstić information content (AvgIpc) is 2.25. The number of carbonyl (C=O) groups excluding carboxylic acids is 2. The lowest BCUT2D eigenvalue weighted by Crippen LogP contribution is -2.35. The fourth-order valence-corrected chi connectivity index (χ4v) is 1.47. The molecule has 0 amide bonds. The molecule has 0 aliphatic carbocycles. The van der Waals surface area contributed by atoms with Gasteiger partial charge in [-0.15, -0.1) is 0 Å². The highest BCUT2D eigenvalue weighted by Crippen LogP contribution is 2.14. The molecule has 0 aromatic carbocycles. The zero-order valence-electron chi connectivity index (χ0n) is 11.5. The van der Waals surface area contributed by atoms with Crippen LogP contribution in [-0.4, -0.2) is 24.6 Å². The lowest BCUT2D eigenvalue weighted by molar-refractivity contribution is -0.173. The second-order valence-electron chi connectivity index (χ2n) is 4.54. The minimum atomic E-state index is -0.790. The molecule has 0 radical (unpaired) electrons. The highest BCUT2D eigenvalue weighted by molar-refractivity contribution is 5.80. The van der Waals surface area contributed by atoms with E-state index in [2.05, 4.69) is 0 Å². The van der Waals surface area contributed by atoms with Gasteiger partial charge in [0.1, 0.15) is 0 Å². The Kier molecular flexibility index (Phi) is 7.59. The highest BCUT2D eigenvalue weighted by Gasteiger charge is 2.29. The van der Waals surface area contributed by atoms with E-state index in [-0.39, 0.29) is 17.8 Å². The van der Waals surface area contributed by atoms with E-state index in [1.807, 2.05) is 27.7 Å². The Labute approximate surface area is 104 Å². The van der Waals surface area contributed by atoms with Gasteiger partial charge in [0, 0.05) is 5.92 Å². The van der Waals surface area contributed by atoms with Crippen molar-refractivity contribution >= 4 is 11.9 Å². The van der Waals surface area contributed by atoms with Gasteiger partial charge in [-0.2, -0.15) is 0 Å². The summed E-state index contributed by atoms with van der Waals surface area (Å²) in [6.45, 7) is 9.52. The summed E-state index contributed by atoms with van der Waals surface area (Å²) in [5.41, 5.74) is 0. The van der Waals surface area contributed by atoms with Gasteiger partial charge in [-0.1, -0.05) is 34.1 Å². The van der Waals surface area contributed by atoms with E-state index in [4.69, 9.17) is 9.47 Å². The molecule has 0 spiro atoms. The minimum absolute atomic E-state index is 0.0770. The normalized spacial score (nSPS) is 14.2. The van der Waals surface area contributed by atoms with E-state index in [1.54, 1.807) is 6.92 Å². The largest absolute Gasteiger partial charge is 0.463 e. The van der Waals surface area contributed by atoms with Crippen LogP contribution in [0, 0.1) is 11.8 Å². The Balaban J connectivity index is 4.44. The summed E-state index contributed by atoms with van der Waals surface area (Å²) in [5, 5.41) is 0. The molecule has 0 aromatic heterocycles. The summed E-state index contributed by atoms with van der Waals surface area (Å²) in [5.74, 6) is -1.03. The first-order valence-corrected chi connectivity index (χ1v) is 6.31. The third kappa shape index (κ3) is 5.71. The lowest BCUT2D eigenvalue weighted by Gasteiger charge is -2.21. The van der Waals surface area contributed by atoms with E-state index >= 15 is 0 Å². The van der Waals surface area contributed by atoms with Gasteiger partial charge in [0.2, 0.25) is 6.10 Å². The first kappa shape index (κ1) is 15.9. The van der Waals surface area contributed by atoms with Crippen molar-refractivity contribution in [2.75, 3.05) is 6.61 Å². The number of hydrogen-bond acceptors (Lipinski definition) is 4. The van der Waals surface area contributed by atoms with Crippen LogP contribution in [0.4, 0.5) is 0 Å². The summed E-state index contributed by atoms with van der Waals surface area (Å²) in [4.78, 5) is 23.3. The van der Waals surface area contributed by atoms with E-state index in [9.17, 15) is 9.59 Å². The number of ether oxygens (including phenoxy) is 2. The van der Waals surface area contributed by atoms with Crippen molar-refractivity contribution in [3.05, 3.63) is 0 Å². The van der Waals surface area contributed by atoms with Crippen molar-refractivity contribution in [3.8, 4) is 0 Å². The van der Waals surface area contributed by atoms with Gasteiger partial charge in [-0.3, -0.25) is 4.79 Å². The van der Waals surface area contributed by atoms with Gasteiger partial charge in [0.15, 0.2) is 0 Å². The van der Waals surface area contributed by atoms with Crippen molar-refractivity contribution in [1.82, 2.24) is 0 Å². The molecule has 2 atom stereocenters. The predicted octanol–water partition coefficient (Wildman–Crippen LogP) is 2.55. The summed E-state index contributed by atoms with van der Waals surface area (Å²) < 4.78 is 10.1. The van der Waals surface area contributed by atoms with E-state index in [1.165, 1.54) is 0 Å². The second-order valence-corrected chi connectivity index (χ2v) is 4.54. The zero-order chi connectivity index (χ0) is 13.4. The molecular formula is C13H24O4. The molecule has 0 aliphatic rings. The number of rotatable bonds is 7. The molecule has 100 valence electrons. The third-order valence-electron chi connectivity index (χ3n) is 2.49. The van der Waals surface area contributed by atoms with Crippen molar-refractivity contribution in [2.24, 2.45) is 11.8 Å². The molecule has 0 bridgehead atoms. The molecule has 0 N–H and O–H groups in total. The summed E-state index contributed by atoms with van der Waals surface area (Å²) in [7, 11) is 0. The minimum Gasteiger partial charge on any atom is -0.463 e. The van der Waals surface area contributed by atoms with Gasteiger partial charge >= 0.3 is 11.9 Å². The Bertz CT molecular complexity index is 248. The number of esters is 2. The maximum Gasteiger partial charge on any atom is 0.347 e. The van der Waals surface area contributed by atoms with Gasteiger partial charge in [-0.25, -0.2) is 4.79 Å². The SMILES string of the molecule is CCCC(C)C(=O)O[C@H](C(=O)OCC)C(C)C. The molecule has 0 heterocycles. The van der Waals surface area contributed by atoms with E-state index in [0.29, 0.717) is 6.61 Å². The smallest absolute Gasteiger partial charge is 0.347 e. The second kappa shape index (κ2) is 8.09. The summed E-state index contributed by atoms with van der Waals surface area (Å²) >= 11 is 0. The molecule has 0 aromatic rings. The molecule has 17 heavy (non-hydrogen) atoms. The van der Waals surface area contributed by atoms with Crippen LogP contribution in [-0.2, 0) is 19.1 Å². The molecule has 0 aliphatic heterocycles. The van der Waals surface area contributed by atoms with Crippen LogP contribution < -0.4 is 0 Å². The van der Waals surface area contributed by atoms with Crippen LogP contribution >= 0.6 is 0 Å². The Morgan fingerprint density at radius 1 is 1.06 bits per heavy atom. The van der Waals surface area contributed by atoms with Gasteiger partial charge in [0.05, 0.1) is 12.5 Å². The van der Waals surface area contributed by atoms with Crippen LogP contribution in [0.25, 0.3) is 0 Å². The van der Waals surface area contributed by atoms with Gasteiger partial charge in [-0.05, 0) is 13.3 Å². The van der Waals surface area contributed by atoms with E-state index < -0.39 is 12.1 Å². The summed E-state index contributed by atoms with van der Waals surface area (Å²) in [6, 6.07) is 0. The lowest BCUT2D eigenvalue weighted by atomic mass is 10.1. The monoisotopic (exact) mass is 244 g/mol. The third-order valence-corrected chi connectivity index (χ3v) is 2.49. The zero-order valence-corrected chi connectivity index (χ0v) is 11.5. The summed E-state index contributed by atoms with van der Waals surface area (Å²) in [6.07, 6.45) is 0.899.